The highest BCUT2D eigenvalue weighted by atomic mass is 32.2. The minimum atomic E-state index is -3.82. The summed E-state index contributed by atoms with van der Waals surface area (Å²) in [4.78, 5) is 24.6. The largest absolute Gasteiger partial charge is 0.324 e. The number of aromatic nitrogens is 1. The van der Waals surface area contributed by atoms with Gasteiger partial charge in [-0.2, -0.15) is 4.31 Å². The molecule has 1 amide bonds. The molecular formula is C18H21N3O4S. The molecule has 0 aliphatic carbocycles. The molecule has 1 saturated heterocycles. The quantitative estimate of drug-likeness (QED) is 0.859. The van der Waals surface area contributed by atoms with Crippen LogP contribution in [-0.2, 0) is 21.4 Å². The Labute approximate surface area is 152 Å². The summed E-state index contributed by atoms with van der Waals surface area (Å²) in [5, 5.41) is 2.74. The second-order valence-corrected chi connectivity index (χ2v) is 8.19. The number of rotatable bonds is 5. The fraction of sp³-hybridized carbons (Fsp3) is 0.333. The summed E-state index contributed by atoms with van der Waals surface area (Å²) in [7, 11) is -3.82. The number of nitrogens with zero attached hydrogens (tertiary/aromatic N) is 2. The van der Waals surface area contributed by atoms with Crippen LogP contribution in [0.25, 0.3) is 0 Å². The number of pyridine rings is 1. The molecule has 0 saturated carbocycles. The normalized spacial score (nSPS) is 15.1. The van der Waals surface area contributed by atoms with E-state index < -0.39 is 21.5 Å². The van der Waals surface area contributed by atoms with Crippen molar-refractivity contribution in [1.29, 1.82) is 0 Å². The molecule has 0 bridgehead atoms. The number of carbonyl (C=O) groups excluding carboxylic acids is 1. The standard InChI is InChI=1S/C18H21N3O4S/c1-14-7-2-3-8-15(14)19-17(22)13-20-10-6-9-16(18(20)23)26(24,25)21-11-4-5-12-21/h2-3,6-10H,4-5,11-13H2,1H3,(H,19,22). The molecule has 2 heterocycles. The van der Waals surface area contributed by atoms with E-state index in [9.17, 15) is 18.0 Å². The zero-order valence-electron chi connectivity index (χ0n) is 14.5. The molecule has 1 fully saturated rings. The van der Waals surface area contributed by atoms with E-state index in [1.807, 2.05) is 19.1 Å². The molecule has 0 radical (unpaired) electrons. The highest BCUT2D eigenvalue weighted by Gasteiger charge is 2.30. The maximum Gasteiger partial charge on any atom is 0.271 e. The molecule has 138 valence electrons. The Morgan fingerprint density at radius 3 is 2.50 bits per heavy atom. The van der Waals surface area contributed by atoms with Crippen molar-refractivity contribution in [2.45, 2.75) is 31.2 Å². The molecule has 0 spiro atoms. The lowest BCUT2D eigenvalue weighted by Crippen LogP contribution is -2.36. The summed E-state index contributed by atoms with van der Waals surface area (Å²) in [6, 6.07) is 10.1. The first-order valence-corrected chi connectivity index (χ1v) is 9.89. The van der Waals surface area contributed by atoms with Gasteiger partial charge in [-0.25, -0.2) is 8.42 Å². The smallest absolute Gasteiger partial charge is 0.271 e. The molecule has 3 rings (SSSR count). The lowest BCUT2D eigenvalue weighted by Gasteiger charge is -2.16. The van der Waals surface area contributed by atoms with Crippen LogP contribution in [0.3, 0.4) is 0 Å². The van der Waals surface area contributed by atoms with E-state index in [0.717, 1.165) is 23.0 Å². The summed E-state index contributed by atoms with van der Waals surface area (Å²) in [5.74, 6) is -0.392. The summed E-state index contributed by atoms with van der Waals surface area (Å²) in [6.45, 7) is 2.45. The Morgan fingerprint density at radius 1 is 1.12 bits per heavy atom. The SMILES string of the molecule is Cc1ccccc1NC(=O)Cn1cccc(S(=O)(=O)N2CCCC2)c1=O. The lowest BCUT2D eigenvalue weighted by atomic mass is 10.2. The molecule has 7 nitrogen and oxygen atoms in total. The molecule has 1 aromatic heterocycles. The van der Waals surface area contributed by atoms with Gasteiger partial charge in [0.05, 0.1) is 0 Å². The van der Waals surface area contributed by atoms with E-state index in [0.29, 0.717) is 18.8 Å². The average Bonchev–Trinajstić information content (AvgIpc) is 3.14. The number of anilines is 1. The van der Waals surface area contributed by atoms with Gasteiger partial charge in [-0.05, 0) is 43.5 Å². The fourth-order valence-corrected chi connectivity index (χ4v) is 4.57. The number of hydrogen-bond acceptors (Lipinski definition) is 4. The van der Waals surface area contributed by atoms with Crippen molar-refractivity contribution in [2.75, 3.05) is 18.4 Å². The number of nitrogens with one attached hydrogen (secondary N) is 1. The van der Waals surface area contributed by atoms with Crippen LogP contribution >= 0.6 is 0 Å². The van der Waals surface area contributed by atoms with Gasteiger partial charge >= 0.3 is 0 Å². The zero-order chi connectivity index (χ0) is 18.7. The summed E-state index contributed by atoms with van der Waals surface area (Å²) in [5.41, 5.74) is 0.879. The van der Waals surface area contributed by atoms with Gasteiger partial charge in [-0.3, -0.25) is 9.59 Å². The van der Waals surface area contributed by atoms with E-state index in [1.54, 1.807) is 12.1 Å². The first-order chi connectivity index (χ1) is 12.4. The third-order valence-corrected chi connectivity index (χ3v) is 6.31. The van der Waals surface area contributed by atoms with Gasteiger partial charge in [0.15, 0.2) is 0 Å². The molecule has 8 heteroatoms. The van der Waals surface area contributed by atoms with E-state index in [4.69, 9.17) is 0 Å². The van der Waals surface area contributed by atoms with E-state index in [-0.39, 0.29) is 11.4 Å². The molecule has 1 N–H and O–H groups in total. The molecule has 1 aromatic carbocycles. The Hall–Kier alpha value is -2.45. The van der Waals surface area contributed by atoms with Crippen LogP contribution in [0.15, 0.2) is 52.3 Å². The third kappa shape index (κ3) is 3.71. The predicted octanol–water partition coefficient (Wildman–Crippen LogP) is 1.58. The summed E-state index contributed by atoms with van der Waals surface area (Å²) in [6.07, 6.45) is 3.00. The van der Waals surface area contributed by atoms with Crippen LogP contribution in [0.4, 0.5) is 5.69 Å². The molecule has 1 aliphatic rings. The highest BCUT2D eigenvalue weighted by Crippen LogP contribution is 2.18. The monoisotopic (exact) mass is 375 g/mol. The Kier molecular flexibility index (Phi) is 5.24. The number of carbonyl (C=O) groups is 1. The second-order valence-electron chi connectivity index (χ2n) is 6.28. The van der Waals surface area contributed by atoms with Crippen molar-refractivity contribution in [2.24, 2.45) is 0 Å². The zero-order valence-corrected chi connectivity index (χ0v) is 15.3. The van der Waals surface area contributed by atoms with Crippen molar-refractivity contribution in [3.8, 4) is 0 Å². The van der Waals surface area contributed by atoms with Crippen molar-refractivity contribution in [3.05, 3.63) is 58.5 Å². The molecule has 0 atom stereocenters. The van der Waals surface area contributed by atoms with Crippen LogP contribution in [0, 0.1) is 6.92 Å². The van der Waals surface area contributed by atoms with Crippen LogP contribution in [0.2, 0.25) is 0 Å². The van der Waals surface area contributed by atoms with Crippen molar-refractivity contribution >= 4 is 21.6 Å². The van der Waals surface area contributed by atoms with Crippen LogP contribution in [0.5, 0.6) is 0 Å². The van der Waals surface area contributed by atoms with E-state index >= 15 is 0 Å². The van der Waals surface area contributed by atoms with Crippen molar-refractivity contribution in [3.63, 3.8) is 0 Å². The maximum atomic E-state index is 12.6. The number of sulfonamides is 1. The van der Waals surface area contributed by atoms with E-state index in [1.165, 1.54) is 22.6 Å². The van der Waals surface area contributed by atoms with Crippen LogP contribution in [0.1, 0.15) is 18.4 Å². The van der Waals surface area contributed by atoms with Gasteiger partial charge in [0, 0.05) is 25.0 Å². The summed E-state index contributed by atoms with van der Waals surface area (Å²) >= 11 is 0. The Bertz CT molecular complexity index is 976. The average molecular weight is 375 g/mol. The Balaban J connectivity index is 1.82. The topological polar surface area (TPSA) is 88.5 Å². The minimum absolute atomic E-state index is 0.253. The first-order valence-electron chi connectivity index (χ1n) is 8.45. The number of aryl methyl sites for hydroxylation is 1. The third-order valence-electron chi connectivity index (χ3n) is 4.40. The molecule has 2 aromatic rings. The van der Waals surface area contributed by atoms with Gasteiger partial charge in [-0.1, -0.05) is 18.2 Å². The van der Waals surface area contributed by atoms with Gasteiger partial charge in [0.1, 0.15) is 11.4 Å². The van der Waals surface area contributed by atoms with Crippen molar-refractivity contribution < 1.29 is 13.2 Å². The first kappa shape index (κ1) is 18.3. The number of para-hydroxylation sites is 1. The van der Waals surface area contributed by atoms with Crippen LogP contribution in [-0.4, -0.2) is 36.3 Å². The molecule has 0 unspecified atom stereocenters. The van der Waals surface area contributed by atoms with Gasteiger partial charge in [0.2, 0.25) is 15.9 Å². The highest BCUT2D eigenvalue weighted by molar-refractivity contribution is 7.89. The molecule has 1 aliphatic heterocycles. The van der Waals surface area contributed by atoms with E-state index in [2.05, 4.69) is 5.32 Å². The van der Waals surface area contributed by atoms with Crippen molar-refractivity contribution in [1.82, 2.24) is 8.87 Å². The second kappa shape index (κ2) is 7.43. The maximum absolute atomic E-state index is 12.6. The lowest BCUT2D eigenvalue weighted by molar-refractivity contribution is -0.116. The number of hydrogen-bond donors (Lipinski definition) is 1. The van der Waals surface area contributed by atoms with Gasteiger partial charge < -0.3 is 9.88 Å². The minimum Gasteiger partial charge on any atom is -0.324 e. The Morgan fingerprint density at radius 2 is 1.81 bits per heavy atom. The fourth-order valence-electron chi connectivity index (χ4n) is 2.96. The number of amides is 1. The molecule has 26 heavy (non-hydrogen) atoms. The molecular weight excluding hydrogens is 354 g/mol. The van der Waals surface area contributed by atoms with Crippen LogP contribution < -0.4 is 10.9 Å². The van der Waals surface area contributed by atoms with Gasteiger partial charge in [0.25, 0.3) is 5.56 Å². The van der Waals surface area contributed by atoms with Gasteiger partial charge in [-0.15, -0.1) is 0 Å². The predicted molar refractivity (Wildman–Crippen MR) is 98.5 cm³/mol. The number of benzene rings is 1. The summed E-state index contributed by atoms with van der Waals surface area (Å²) < 4.78 is 27.7.